The lowest BCUT2D eigenvalue weighted by molar-refractivity contribution is 0.113. The van der Waals surface area contributed by atoms with Crippen molar-refractivity contribution in [2.45, 2.75) is 32.4 Å². The summed E-state index contributed by atoms with van der Waals surface area (Å²) >= 11 is 0. The van der Waals surface area contributed by atoms with E-state index in [0.717, 1.165) is 17.3 Å². The Kier molecular flexibility index (Phi) is 2.73. The molecule has 0 radical (unpaired) electrons. The third-order valence-electron chi connectivity index (χ3n) is 2.87. The van der Waals surface area contributed by atoms with Crippen LogP contribution in [-0.2, 0) is 0 Å². The Hall–Kier alpha value is -1.35. The molecule has 1 aromatic heterocycles. The second kappa shape index (κ2) is 4.03. The van der Waals surface area contributed by atoms with Crippen LogP contribution in [0.4, 0.5) is 0 Å². The second-order valence-corrected chi connectivity index (χ2v) is 3.86. The van der Waals surface area contributed by atoms with E-state index in [1.807, 2.05) is 49.0 Å². The van der Waals surface area contributed by atoms with Crippen LogP contribution in [0.2, 0.25) is 0 Å². The van der Waals surface area contributed by atoms with Crippen molar-refractivity contribution in [1.82, 2.24) is 9.78 Å². The van der Waals surface area contributed by atoms with Crippen molar-refractivity contribution in [2.24, 2.45) is 0 Å². The highest BCUT2D eigenvalue weighted by molar-refractivity contribution is 5.78. The minimum Gasteiger partial charge on any atom is -0.391 e. The summed E-state index contributed by atoms with van der Waals surface area (Å²) in [6.07, 6.45) is 2.25. The van der Waals surface area contributed by atoms with Gasteiger partial charge in [0.2, 0.25) is 0 Å². The van der Waals surface area contributed by atoms with Gasteiger partial charge < -0.3 is 5.11 Å². The molecule has 0 aliphatic rings. The molecule has 1 N–H and O–H groups in total. The predicted octanol–water partition coefficient (Wildman–Crippen LogP) is 2.37. The molecule has 0 aliphatic heterocycles. The lowest BCUT2D eigenvalue weighted by atomic mass is 10.1. The summed E-state index contributed by atoms with van der Waals surface area (Å²) in [5.41, 5.74) is 1.08. The van der Waals surface area contributed by atoms with Crippen LogP contribution in [0.1, 0.15) is 26.3 Å². The van der Waals surface area contributed by atoms with E-state index in [-0.39, 0.29) is 12.1 Å². The van der Waals surface area contributed by atoms with Crippen LogP contribution in [0, 0.1) is 0 Å². The minimum atomic E-state index is -0.340. The number of benzene rings is 1. The fraction of sp³-hybridized carbons (Fsp3) is 0.417. The number of aliphatic hydroxyl groups is 1. The van der Waals surface area contributed by atoms with E-state index >= 15 is 0 Å². The van der Waals surface area contributed by atoms with Crippen LogP contribution in [0.5, 0.6) is 0 Å². The first-order valence-corrected chi connectivity index (χ1v) is 5.34. The fourth-order valence-electron chi connectivity index (χ4n) is 1.82. The molecule has 2 aromatic rings. The van der Waals surface area contributed by atoms with Crippen molar-refractivity contribution in [3.05, 3.63) is 30.5 Å². The van der Waals surface area contributed by atoms with E-state index < -0.39 is 0 Å². The van der Waals surface area contributed by atoms with Gasteiger partial charge in [-0.25, -0.2) is 0 Å². The number of aliphatic hydroxyl groups excluding tert-OH is 1. The SMILES string of the molecule is CCC(O)C(C)n1ncc2ccccc21. The van der Waals surface area contributed by atoms with Crippen LogP contribution in [0.3, 0.4) is 0 Å². The van der Waals surface area contributed by atoms with Crippen LogP contribution in [0.15, 0.2) is 30.5 Å². The van der Waals surface area contributed by atoms with Crippen LogP contribution < -0.4 is 0 Å². The summed E-state index contributed by atoms with van der Waals surface area (Å²) in [6.45, 7) is 3.97. The molecule has 80 valence electrons. The Labute approximate surface area is 89.3 Å². The Morgan fingerprint density at radius 1 is 1.40 bits per heavy atom. The maximum absolute atomic E-state index is 9.80. The summed E-state index contributed by atoms with van der Waals surface area (Å²) in [6, 6.07) is 8.07. The van der Waals surface area contributed by atoms with E-state index in [0.29, 0.717) is 0 Å². The highest BCUT2D eigenvalue weighted by Gasteiger charge is 2.16. The van der Waals surface area contributed by atoms with Crippen molar-refractivity contribution in [2.75, 3.05) is 0 Å². The third-order valence-corrected chi connectivity index (χ3v) is 2.87. The number of hydrogen-bond donors (Lipinski definition) is 1. The Bertz CT molecular complexity index is 450. The summed E-state index contributed by atoms with van der Waals surface area (Å²) in [5, 5.41) is 15.2. The van der Waals surface area contributed by atoms with Gasteiger partial charge in [-0.05, 0) is 19.4 Å². The van der Waals surface area contributed by atoms with E-state index in [2.05, 4.69) is 5.10 Å². The number of rotatable bonds is 3. The standard InChI is InChI=1S/C12H16N2O/c1-3-12(15)9(2)14-11-7-5-4-6-10(11)8-13-14/h4-9,12,15H,3H2,1-2H3. The normalized spacial score (nSPS) is 15.4. The Balaban J connectivity index is 2.43. The van der Waals surface area contributed by atoms with Crippen molar-refractivity contribution in [3.8, 4) is 0 Å². The van der Waals surface area contributed by atoms with Crippen molar-refractivity contribution in [3.63, 3.8) is 0 Å². The summed E-state index contributed by atoms with van der Waals surface area (Å²) in [4.78, 5) is 0. The lowest BCUT2D eigenvalue weighted by Gasteiger charge is -2.18. The Morgan fingerprint density at radius 2 is 2.13 bits per heavy atom. The number of nitrogens with zero attached hydrogens (tertiary/aromatic N) is 2. The predicted molar refractivity (Wildman–Crippen MR) is 60.7 cm³/mol. The molecule has 0 bridgehead atoms. The molecule has 3 nitrogen and oxygen atoms in total. The molecule has 0 saturated carbocycles. The largest absolute Gasteiger partial charge is 0.391 e. The highest BCUT2D eigenvalue weighted by Crippen LogP contribution is 2.20. The molecular weight excluding hydrogens is 188 g/mol. The van der Waals surface area contributed by atoms with Gasteiger partial charge in [0.15, 0.2) is 0 Å². The van der Waals surface area contributed by atoms with Crippen molar-refractivity contribution >= 4 is 10.9 Å². The van der Waals surface area contributed by atoms with E-state index in [1.54, 1.807) is 0 Å². The molecular formula is C12H16N2O. The summed E-state index contributed by atoms with van der Waals surface area (Å²) in [7, 11) is 0. The molecule has 0 saturated heterocycles. The second-order valence-electron chi connectivity index (χ2n) is 3.86. The van der Waals surface area contributed by atoms with Gasteiger partial charge in [-0.2, -0.15) is 5.10 Å². The van der Waals surface area contributed by atoms with Crippen LogP contribution in [-0.4, -0.2) is 21.0 Å². The maximum Gasteiger partial charge on any atom is 0.0759 e. The number of hydrogen-bond acceptors (Lipinski definition) is 2. The zero-order valence-corrected chi connectivity index (χ0v) is 9.09. The third kappa shape index (κ3) is 1.75. The van der Waals surface area contributed by atoms with Gasteiger partial charge in [0.25, 0.3) is 0 Å². The maximum atomic E-state index is 9.80. The summed E-state index contributed by atoms with van der Waals surface area (Å²) < 4.78 is 1.89. The molecule has 2 atom stereocenters. The molecule has 0 amide bonds. The first-order chi connectivity index (χ1) is 7.24. The molecule has 2 unspecified atom stereocenters. The first kappa shape index (κ1) is 10.2. The summed E-state index contributed by atoms with van der Waals surface area (Å²) in [5.74, 6) is 0. The number of fused-ring (bicyclic) bond motifs is 1. The average Bonchev–Trinajstić information content (AvgIpc) is 2.70. The molecule has 3 heteroatoms. The zero-order valence-electron chi connectivity index (χ0n) is 9.09. The molecule has 15 heavy (non-hydrogen) atoms. The lowest BCUT2D eigenvalue weighted by Crippen LogP contribution is -2.21. The average molecular weight is 204 g/mol. The zero-order chi connectivity index (χ0) is 10.8. The molecule has 0 fully saturated rings. The molecule has 1 heterocycles. The molecule has 1 aromatic carbocycles. The topological polar surface area (TPSA) is 38.0 Å². The van der Waals surface area contributed by atoms with Gasteiger partial charge >= 0.3 is 0 Å². The van der Waals surface area contributed by atoms with E-state index in [9.17, 15) is 5.11 Å². The monoisotopic (exact) mass is 204 g/mol. The van der Waals surface area contributed by atoms with Gasteiger partial charge in [-0.3, -0.25) is 4.68 Å². The number of aromatic nitrogens is 2. The van der Waals surface area contributed by atoms with Gasteiger partial charge in [0.1, 0.15) is 0 Å². The molecule has 2 rings (SSSR count). The molecule has 0 spiro atoms. The van der Waals surface area contributed by atoms with Crippen LogP contribution in [0.25, 0.3) is 10.9 Å². The Morgan fingerprint density at radius 3 is 2.87 bits per heavy atom. The first-order valence-electron chi connectivity index (χ1n) is 5.34. The molecule has 0 aliphatic carbocycles. The number of para-hydroxylation sites is 1. The van der Waals surface area contributed by atoms with Crippen molar-refractivity contribution < 1.29 is 5.11 Å². The minimum absolute atomic E-state index is 0.0231. The van der Waals surface area contributed by atoms with Gasteiger partial charge in [0, 0.05) is 5.39 Å². The van der Waals surface area contributed by atoms with Crippen LogP contribution >= 0.6 is 0 Å². The van der Waals surface area contributed by atoms with E-state index in [4.69, 9.17) is 0 Å². The highest BCUT2D eigenvalue weighted by atomic mass is 16.3. The van der Waals surface area contributed by atoms with Gasteiger partial charge in [-0.1, -0.05) is 25.1 Å². The quantitative estimate of drug-likeness (QED) is 0.833. The van der Waals surface area contributed by atoms with Crippen molar-refractivity contribution in [1.29, 1.82) is 0 Å². The van der Waals surface area contributed by atoms with Gasteiger partial charge in [0.05, 0.1) is 23.9 Å². The van der Waals surface area contributed by atoms with Gasteiger partial charge in [-0.15, -0.1) is 0 Å². The smallest absolute Gasteiger partial charge is 0.0759 e. The van der Waals surface area contributed by atoms with E-state index in [1.165, 1.54) is 0 Å². The fourth-order valence-corrected chi connectivity index (χ4v) is 1.82.